The number of amides is 1. The topological polar surface area (TPSA) is 55.4 Å². The average Bonchev–Trinajstić information content (AvgIpc) is 2.33. The molecule has 0 aliphatic heterocycles. The number of carbonyl (C=O) groups is 2. The first-order valence-corrected chi connectivity index (χ1v) is 5.80. The molecule has 0 saturated carbocycles. The number of carbonyl (C=O) groups excluding carboxylic acids is 2. The predicted molar refractivity (Wildman–Crippen MR) is 70.0 cm³/mol. The van der Waals surface area contributed by atoms with E-state index in [4.69, 9.17) is 27.9 Å². The number of ether oxygens (including phenoxy) is 1. The van der Waals surface area contributed by atoms with Crippen LogP contribution in [0, 0.1) is 0 Å². The van der Waals surface area contributed by atoms with Gasteiger partial charge in [0.05, 0.1) is 15.6 Å². The van der Waals surface area contributed by atoms with Crippen LogP contribution in [-0.2, 0) is 9.53 Å². The second kappa shape index (κ2) is 7.03. The van der Waals surface area contributed by atoms with Gasteiger partial charge in [-0.3, -0.25) is 4.79 Å². The van der Waals surface area contributed by atoms with E-state index in [1.807, 2.05) is 0 Å². The third-order valence-corrected chi connectivity index (χ3v) is 2.57. The molecule has 0 bridgehead atoms. The van der Waals surface area contributed by atoms with Crippen molar-refractivity contribution in [3.8, 4) is 0 Å². The van der Waals surface area contributed by atoms with Crippen LogP contribution in [0.4, 0.5) is 0 Å². The number of halogens is 2. The van der Waals surface area contributed by atoms with Crippen molar-refractivity contribution in [3.05, 3.63) is 46.5 Å². The van der Waals surface area contributed by atoms with Crippen LogP contribution in [-0.4, -0.2) is 25.0 Å². The molecule has 4 nitrogen and oxygen atoms in total. The van der Waals surface area contributed by atoms with E-state index in [0.29, 0.717) is 6.54 Å². The maximum Gasteiger partial charge on any atom is 0.341 e. The molecule has 1 aromatic rings. The molecular weight excluding hydrogens is 277 g/mol. The number of nitrogens with one attached hydrogen (secondary N) is 1. The quantitative estimate of drug-likeness (QED) is 0.669. The average molecular weight is 288 g/mol. The van der Waals surface area contributed by atoms with Gasteiger partial charge in [-0.05, 0) is 12.1 Å². The van der Waals surface area contributed by atoms with E-state index >= 15 is 0 Å². The summed E-state index contributed by atoms with van der Waals surface area (Å²) in [4.78, 5) is 22.9. The summed E-state index contributed by atoms with van der Waals surface area (Å²) in [6, 6.07) is 4.64. The van der Waals surface area contributed by atoms with E-state index in [9.17, 15) is 9.59 Å². The molecule has 6 heteroatoms. The Morgan fingerprint density at radius 2 is 1.94 bits per heavy atom. The van der Waals surface area contributed by atoms with Crippen LogP contribution >= 0.6 is 23.2 Å². The maximum absolute atomic E-state index is 11.7. The standard InChI is InChI=1S/C12H11Cl2NO3/c1-2-6-15-10(16)7-18-12(17)11-8(13)4-3-5-9(11)14/h2-5H,1,6-7H2,(H,15,16). The second-order valence-corrected chi connectivity index (χ2v) is 4.08. The Bertz CT molecular complexity index is 454. The molecule has 18 heavy (non-hydrogen) atoms. The monoisotopic (exact) mass is 287 g/mol. The van der Waals surface area contributed by atoms with E-state index in [1.165, 1.54) is 18.2 Å². The van der Waals surface area contributed by atoms with Crippen LogP contribution in [0.5, 0.6) is 0 Å². The maximum atomic E-state index is 11.7. The van der Waals surface area contributed by atoms with Crippen molar-refractivity contribution in [2.24, 2.45) is 0 Å². The van der Waals surface area contributed by atoms with Gasteiger partial charge in [0.1, 0.15) is 0 Å². The van der Waals surface area contributed by atoms with E-state index < -0.39 is 18.5 Å². The van der Waals surface area contributed by atoms with Crippen molar-refractivity contribution in [1.82, 2.24) is 5.32 Å². The molecule has 96 valence electrons. The van der Waals surface area contributed by atoms with E-state index in [0.717, 1.165) is 0 Å². The number of hydrogen-bond acceptors (Lipinski definition) is 3. The summed E-state index contributed by atoms with van der Waals surface area (Å²) < 4.78 is 4.79. The lowest BCUT2D eigenvalue weighted by Gasteiger charge is -2.07. The summed E-state index contributed by atoms with van der Waals surface area (Å²) in [5, 5.41) is 2.83. The fourth-order valence-electron chi connectivity index (χ4n) is 1.13. The Hall–Kier alpha value is -1.52. The molecule has 0 fully saturated rings. The SMILES string of the molecule is C=CCNC(=O)COC(=O)c1c(Cl)cccc1Cl. The molecule has 1 amide bonds. The molecule has 0 spiro atoms. The third kappa shape index (κ3) is 4.05. The molecule has 0 unspecified atom stereocenters. The minimum atomic E-state index is -0.737. The molecule has 0 aliphatic carbocycles. The molecule has 0 atom stereocenters. The van der Waals surface area contributed by atoms with Crippen LogP contribution in [0.2, 0.25) is 10.0 Å². The number of benzene rings is 1. The first-order chi connectivity index (χ1) is 8.56. The minimum absolute atomic E-state index is 0.0531. The van der Waals surface area contributed by atoms with Crippen molar-refractivity contribution in [1.29, 1.82) is 0 Å². The summed E-state index contributed by atoms with van der Waals surface area (Å²) in [7, 11) is 0. The number of rotatable bonds is 5. The van der Waals surface area contributed by atoms with Crippen molar-refractivity contribution in [3.63, 3.8) is 0 Å². The van der Waals surface area contributed by atoms with Crippen LogP contribution in [0.3, 0.4) is 0 Å². The van der Waals surface area contributed by atoms with Crippen LogP contribution in [0.25, 0.3) is 0 Å². The van der Waals surface area contributed by atoms with Gasteiger partial charge in [-0.25, -0.2) is 4.79 Å². The number of hydrogen-bond donors (Lipinski definition) is 1. The Balaban J connectivity index is 2.61. The Morgan fingerprint density at radius 3 is 2.50 bits per heavy atom. The molecule has 1 N–H and O–H groups in total. The first-order valence-electron chi connectivity index (χ1n) is 5.05. The molecular formula is C12H11Cl2NO3. The van der Waals surface area contributed by atoms with Crippen LogP contribution < -0.4 is 5.32 Å². The zero-order valence-corrected chi connectivity index (χ0v) is 10.9. The Morgan fingerprint density at radius 1 is 1.33 bits per heavy atom. The van der Waals surface area contributed by atoms with Gasteiger partial charge in [0.15, 0.2) is 6.61 Å². The van der Waals surface area contributed by atoms with Gasteiger partial charge in [0.25, 0.3) is 5.91 Å². The zero-order chi connectivity index (χ0) is 13.5. The van der Waals surface area contributed by atoms with Gasteiger partial charge >= 0.3 is 5.97 Å². The van der Waals surface area contributed by atoms with E-state index in [1.54, 1.807) is 6.07 Å². The van der Waals surface area contributed by atoms with Crippen molar-refractivity contribution >= 4 is 35.1 Å². The summed E-state index contributed by atoms with van der Waals surface area (Å²) in [5.74, 6) is -1.16. The highest BCUT2D eigenvalue weighted by Gasteiger charge is 2.16. The molecule has 0 aromatic heterocycles. The van der Waals surface area contributed by atoms with E-state index in [2.05, 4.69) is 11.9 Å². The highest BCUT2D eigenvalue weighted by Crippen LogP contribution is 2.24. The molecule has 1 aromatic carbocycles. The highest BCUT2D eigenvalue weighted by molar-refractivity contribution is 6.39. The van der Waals surface area contributed by atoms with Gasteiger partial charge in [-0.2, -0.15) is 0 Å². The lowest BCUT2D eigenvalue weighted by molar-refractivity contribution is -0.124. The Labute approximate surface area is 115 Å². The van der Waals surface area contributed by atoms with Crippen molar-refractivity contribution in [2.45, 2.75) is 0 Å². The van der Waals surface area contributed by atoms with Gasteiger partial charge in [-0.1, -0.05) is 35.3 Å². The summed E-state index contributed by atoms with van der Waals surface area (Å²) >= 11 is 11.6. The summed E-state index contributed by atoms with van der Waals surface area (Å²) in [5.41, 5.74) is 0.0531. The van der Waals surface area contributed by atoms with Crippen LogP contribution in [0.1, 0.15) is 10.4 Å². The summed E-state index contributed by atoms with van der Waals surface area (Å²) in [6.45, 7) is 3.36. The molecule has 0 aliphatic rings. The minimum Gasteiger partial charge on any atom is -0.452 e. The predicted octanol–water partition coefficient (Wildman–Crippen LogP) is 2.45. The van der Waals surface area contributed by atoms with Crippen molar-refractivity contribution in [2.75, 3.05) is 13.2 Å². The van der Waals surface area contributed by atoms with E-state index in [-0.39, 0.29) is 15.6 Å². The lowest BCUT2D eigenvalue weighted by Crippen LogP contribution is -2.28. The third-order valence-electron chi connectivity index (χ3n) is 1.94. The van der Waals surface area contributed by atoms with Crippen LogP contribution in [0.15, 0.2) is 30.9 Å². The second-order valence-electron chi connectivity index (χ2n) is 3.27. The first kappa shape index (κ1) is 14.5. The fraction of sp³-hybridized carbons (Fsp3) is 0.167. The largest absolute Gasteiger partial charge is 0.452 e. The molecule has 1 rings (SSSR count). The van der Waals surface area contributed by atoms with Gasteiger partial charge in [-0.15, -0.1) is 6.58 Å². The fourth-order valence-corrected chi connectivity index (χ4v) is 1.68. The van der Waals surface area contributed by atoms with Gasteiger partial charge < -0.3 is 10.1 Å². The zero-order valence-electron chi connectivity index (χ0n) is 9.41. The molecule has 0 radical (unpaired) electrons. The normalized spacial score (nSPS) is 9.67. The molecule has 0 heterocycles. The van der Waals surface area contributed by atoms with Gasteiger partial charge in [0.2, 0.25) is 0 Å². The smallest absolute Gasteiger partial charge is 0.341 e. The summed E-state index contributed by atoms with van der Waals surface area (Å²) in [6.07, 6.45) is 1.52. The van der Waals surface area contributed by atoms with Crippen molar-refractivity contribution < 1.29 is 14.3 Å². The lowest BCUT2D eigenvalue weighted by atomic mass is 10.2. The number of esters is 1. The molecule has 0 saturated heterocycles. The van der Waals surface area contributed by atoms with Gasteiger partial charge in [0, 0.05) is 6.54 Å². The Kier molecular flexibility index (Phi) is 5.68. The highest BCUT2D eigenvalue weighted by atomic mass is 35.5.